The van der Waals surface area contributed by atoms with Crippen molar-refractivity contribution in [3.8, 4) is 5.75 Å². The molecule has 0 spiro atoms. The lowest BCUT2D eigenvalue weighted by Crippen LogP contribution is -2.43. The number of carbonyl (C=O) groups excluding carboxylic acids is 3. The summed E-state index contributed by atoms with van der Waals surface area (Å²) in [6.45, 7) is -0.440. The number of nitrogens with one attached hydrogen (secondary N) is 1. The molecule has 164 valence electrons. The van der Waals surface area contributed by atoms with Gasteiger partial charge in [0, 0.05) is 22.6 Å². The summed E-state index contributed by atoms with van der Waals surface area (Å²) in [5, 5.41) is 3.21. The van der Waals surface area contributed by atoms with Crippen LogP contribution in [0, 0.1) is 0 Å². The van der Waals surface area contributed by atoms with Crippen LogP contribution >= 0.6 is 11.6 Å². The third-order valence-electron chi connectivity index (χ3n) is 4.74. The number of ketones is 1. The van der Waals surface area contributed by atoms with Crippen molar-refractivity contribution in [2.45, 2.75) is 12.5 Å². The highest BCUT2D eigenvalue weighted by atomic mass is 35.5. The third kappa shape index (κ3) is 6.43. The standard InChI is InChI=1S/C25H22ClNO5/c1-31-21-13-9-19(10-14-21)24(29)27-22(15-17-5-3-2-4-6-17)25(30)32-16-23(28)18-7-11-20(26)12-8-18/h2-14,22H,15-16H2,1H3,(H,27,29)/t22-/m1/s1. The summed E-state index contributed by atoms with van der Waals surface area (Å²) < 4.78 is 10.3. The van der Waals surface area contributed by atoms with Crippen LogP contribution in [0.2, 0.25) is 5.02 Å². The maximum Gasteiger partial charge on any atom is 0.329 e. The first kappa shape index (κ1) is 23.0. The number of methoxy groups -OCH3 is 1. The van der Waals surface area contributed by atoms with Gasteiger partial charge in [-0.3, -0.25) is 9.59 Å². The number of esters is 1. The summed E-state index contributed by atoms with van der Waals surface area (Å²) in [5.41, 5.74) is 1.59. The van der Waals surface area contributed by atoms with Crippen molar-refractivity contribution in [3.05, 3.63) is 101 Å². The molecular weight excluding hydrogens is 430 g/mol. The van der Waals surface area contributed by atoms with Gasteiger partial charge in [0.15, 0.2) is 12.4 Å². The molecule has 0 aliphatic carbocycles. The van der Waals surface area contributed by atoms with Crippen LogP contribution < -0.4 is 10.1 Å². The minimum atomic E-state index is -0.968. The van der Waals surface area contributed by atoms with E-state index in [0.29, 0.717) is 21.9 Å². The number of carbonyl (C=O) groups is 3. The van der Waals surface area contributed by atoms with Crippen molar-refractivity contribution in [2.75, 3.05) is 13.7 Å². The highest BCUT2D eigenvalue weighted by Crippen LogP contribution is 2.13. The second-order valence-corrected chi connectivity index (χ2v) is 7.42. The Bertz CT molecular complexity index is 1070. The van der Waals surface area contributed by atoms with Gasteiger partial charge in [0.25, 0.3) is 5.91 Å². The summed E-state index contributed by atoms with van der Waals surface area (Å²) in [5.74, 6) is -0.884. The van der Waals surface area contributed by atoms with Gasteiger partial charge in [0.1, 0.15) is 11.8 Å². The Morgan fingerprint density at radius 2 is 1.50 bits per heavy atom. The molecule has 3 aromatic carbocycles. The molecule has 0 heterocycles. The average molecular weight is 452 g/mol. The molecule has 1 amide bonds. The fourth-order valence-electron chi connectivity index (χ4n) is 2.98. The molecule has 0 unspecified atom stereocenters. The minimum absolute atomic E-state index is 0.219. The lowest BCUT2D eigenvalue weighted by Gasteiger charge is -2.18. The Labute approximate surface area is 191 Å². The van der Waals surface area contributed by atoms with Gasteiger partial charge in [0.05, 0.1) is 7.11 Å². The van der Waals surface area contributed by atoms with Crippen molar-refractivity contribution < 1.29 is 23.9 Å². The molecule has 32 heavy (non-hydrogen) atoms. The van der Waals surface area contributed by atoms with Crippen LogP contribution in [0.15, 0.2) is 78.9 Å². The van der Waals surface area contributed by atoms with Crippen LogP contribution in [0.1, 0.15) is 26.3 Å². The van der Waals surface area contributed by atoms with Crippen LogP contribution in [0.25, 0.3) is 0 Å². The number of ether oxygens (including phenoxy) is 2. The number of halogens is 1. The van der Waals surface area contributed by atoms with Crippen LogP contribution in [0.3, 0.4) is 0 Å². The maximum atomic E-state index is 12.8. The van der Waals surface area contributed by atoms with Gasteiger partial charge in [-0.25, -0.2) is 4.79 Å². The van der Waals surface area contributed by atoms with Crippen molar-refractivity contribution >= 4 is 29.3 Å². The van der Waals surface area contributed by atoms with E-state index >= 15 is 0 Å². The first-order chi connectivity index (χ1) is 15.5. The smallest absolute Gasteiger partial charge is 0.329 e. The first-order valence-electron chi connectivity index (χ1n) is 9.90. The Morgan fingerprint density at radius 3 is 2.12 bits per heavy atom. The van der Waals surface area contributed by atoms with Gasteiger partial charge in [-0.15, -0.1) is 0 Å². The topological polar surface area (TPSA) is 81.7 Å². The molecule has 1 N–H and O–H groups in total. The van der Waals surface area contributed by atoms with Gasteiger partial charge < -0.3 is 14.8 Å². The molecule has 6 nitrogen and oxygen atoms in total. The summed E-state index contributed by atoms with van der Waals surface area (Å²) in [6, 6.07) is 21.1. The Morgan fingerprint density at radius 1 is 0.875 bits per heavy atom. The molecule has 0 aromatic heterocycles. The molecule has 7 heteroatoms. The van der Waals surface area contributed by atoms with E-state index in [-0.39, 0.29) is 12.2 Å². The molecule has 0 fully saturated rings. The van der Waals surface area contributed by atoms with E-state index in [4.69, 9.17) is 21.1 Å². The fourth-order valence-corrected chi connectivity index (χ4v) is 3.11. The Hall–Kier alpha value is -3.64. The predicted octanol–water partition coefficient (Wildman–Crippen LogP) is 4.12. The predicted molar refractivity (Wildman–Crippen MR) is 121 cm³/mol. The number of hydrogen-bond donors (Lipinski definition) is 1. The van der Waals surface area contributed by atoms with Gasteiger partial charge >= 0.3 is 5.97 Å². The quantitative estimate of drug-likeness (QED) is 0.391. The monoisotopic (exact) mass is 451 g/mol. The zero-order valence-corrected chi connectivity index (χ0v) is 18.2. The maximum absolute atomic E-state index is 12.8. The van der Waals surface area contributed by atoms with Gasteiger partial charge in [-0.1, -0.05) is 41.9 Å². The van der Waals surface area contributed by atoms with Gasteiger partial charge in [-0.2, -0.15) is 0 Å². The van der Waals surface area contributed by atoms with Crippen LogP contribution in [0.5, 0.6) is 5.75 Å². The van der Waals surface area contributed by atoms with E-state index in [2.05, 4.69) is 5.32 Å². The third-order valence-corrected chi connectivity index (χ3v) is 4.99. The second kappa shape index (κ2) is 11.1. The summed E-state index contributed by atoms with van der Waals surface area (Å²) in [7, 11) is 1.53. The van der Waals surface area contributed by atoms with E-state index in [1.165, 1.54) is 7.11 Å². The molecule has 0 bridgehead atoms. The summed E-state index contributed by atoms with van der Waals surface area (Å²) in [6.07, 6.45) is 0.219. The van der Waals surface area contributed by atoms with Crippen molar-refractivity contribution in [1.29, 1.82) is 0 Å². The Balaban J connectivity index is 1.69. The highest BCUT2D eigenvalue weighted by Gasteiger charge is 2.24. The largest absolute Gasteiger partial charge is 0.497 e. The molecule has 0 radical (unpaired) electrons. The fraction of sp³-hybridized carbons (Fsp3) is 0.160. The number of rotatable bonds is 9. The molecule has 0 saturated heterocycles. The number of amides is 1. The van der Waals surface area contributed by atoms with E-state index in [0.717, 1.165) is 5.56 Å². The summed E-state index contributed by atoms with van der Waals surface area (Å²) >= 11 is 5.83. The molecule has 0 saturated carbocycles. The van der Waals surface area contributed by atoms with Crippen LogP contribution in [-0.2, 0) is 16.0 Å². The molecule has 3 rings (SSSR count). The lowest BCUT2D eigenvalue weighted by molar-refractivity contribution is -0.144. The van der Waals surface area contributed by atoms with Gasteiger partial charge in [-0.05, 0) is 54.1 Å². The highest BCUT2D eigenvalue weighted by molar-refractivity contribution is 6.30. The Kier molecular flexibility index (Phi) is 8.00. The van der Waals surface area contributed by atoms with Gasteiger partial charge in [0.2, 0.25) is 0 Å². The molecular formula is C25H22ClNO5. The van der Waals surface area contributed by atoms with Crippen LogP contribution in [0.4, 0.5) is 0 Å². The zero-order valence-electron chi connectivity index (χ0n) is 17.4. The normalized spacial score (nSPS) is 11.3. The SMILES string of the molecule is COc1ccc(C(=O)N[C@H](Cc2ccccc2)C(=O)OCC(=O)c2ccc(Cl)cc2)cc1. The van der Waals surface area contributed by atoms with Crippen LogP contribution in [-0.4, -0.2) is 37.4 Å². The minimum Gasteiger partial charge on any atom is -0.497 e. The molecule has 0 aliphatic rings. The number of benzene rings is 3. The zero-order chi connectivity index (χ0) is 22.9. The second-order valence-electron chi connectivity index (χ2n) is 6.98. The van der Waals surface area contributed by atoms with Crippen molar-refractivity contribution in [2.24, 2.45) is 0 Å². The van der Waals surface area contributed by atoms with Crippen molar-refractivity contribution in [3.63, 3.8) is 0 Å². The van der Waals surface area contributed by atoms with E-state index in [1.807, 2.05) is 30.3 Å². The number of Topliss-reactive ketones (excluding diaryl/α,β-unsaturated/α-hetero) is 1. The molecule has 3 aromatic rings. The number of hydrogen-bond acceptors (Lipinski definition) is 5. The summed E-state index contributed by atoms with van der Waals surface area (Å²) in [4.78, 5) is 37.8. The lowest BCUT2D eigenvalue weighted by atomic mass is 10.1. The first-order valence-corrected chi connectivity index (χ1v) is 10.3. The molecule has 0 aliphatic heterocycles. The van der Waals surface area contributed by atoms with E-state index in [1.54, 1.807) is 48.5 Å². The van der Waals surface area contributed by atoms with Crippen molar-refractivity contribution in [1.82, 2.24) is 5.32 Å². The van der Waals surface area contributed by atoms with E-state index < -0.39 is 24.5 Å². The van der Waals surface area contributed by atoms with E-state index in [9.17, 15) is 14.4 Å². The molecule has 1 atom stereocenters. The average Bonchev–Trinajstić information content (AvgIpc) is 2.83.